The lowest BCUT2D eigenvalue weighted by atomic mass is 9.68. The average Bonchev–Trinajstić information content (AvgIpc) is 3.84. The van der Waals surface area contributed by atoms with E-state index in [1.165, 1.54) is 55.6 Å². The molecule has 8 aromatic carbocycles. The second-order valence-electron chi connectivity index (χ2n) is 15.2. The van der Waals surface area contributed by atoms with E-state index in [1.807, 2.05) is 0 Å². The van der Waals surface area contributed by atoms with E-state index >= 15 is 0 Å². The van der Waals surface area contributed by atoms with Crippen LogP contribution in [0, 0.1) is 0 Å². The molecule has 2 nitrogen and oxygen atoms in total. The Labute approximate surface area is 315 Å². The fourth-order valence-electron chi connectivity index (χ4n) is 9.81. The number of furan rings is 1. The molecular weight excluding hydrogens is 655 g/mol. The highest BCUT2D eigenvalue weighted by Crippen LogP contribution is 2.60. The van der Waals surface area contributed by atoms with Gasteiger partial charge in [0, 0.05) is 27.4 Å². The Kier molecular flexibility index (Phi) is 6.55. The van der Waals surface area contributed by atoms with Crippen LogP contribution in [0.4, 0.5) is 17.1 Å². The van der Waals surface area contributed by atoms with Crippen LogP contribution < -0.4 is 4.90 Å². The molecule has 2 heteroatoms. The predicted octanol–water partition coefficient (Wildman–Crippen LogP) is 13.7. The zero-order valence-corrected chi connectivity index (χ0v) is 30.3. The highest BCUT2D eigenvalue weighted by Gasteiger charge is 2.47. The summed E-state index contributed by atoms with van der Waals surface area (Å²) in [5, 5.41) is 2.23. The maximum atomic E-state index is 6.82. The van der Waals surface area contributed by atoms with Gasteiger partial charge in [0.15, 0.2) is 5.58 Å². The largest absolute Gasteiger partial charge is 0.454 e. The van der Waals surface area contributed by atoms with Gasteiger partial charge in [0.1, 0.15) is 5.58 Å². The quantitative estimate of drug-likeness (QED) is 0.179. The van der Waals surface area contributed by atoms with Crippen LogP contribution in [0.2, 0.25) is 0 Å². The van der Waals surface area contributed by atoms with Gasteiger partial charge >= 0.3 is 0 Å². The van der Waals surface area contributed by atoms with Crippen molar-refractivity contribution in [3.8, 4) is 22.3 Å². The summed E-state index contributed by atoms with van der Waals surface area (Å²) in [6.45, 7) is 4.71. The summed E-state index contributed by atoms with van der Waals surface area (Å²) in [7, 11) is 0. The van der Waals surface area contributed by atoms with Crippen LogP contribution >= 0.6 is 0 Å². The number of hydrogen-bond acceptors (Lipinski definition) is 2. The van der Waals surface area contributed by atoms with Crippen molar-refractivity contribution in [2.24, 2.45) is 0 Å². The summed E-state index contributed by atoms with van der Waals surface area (Å²) in [6, 6.07) is 68.9. The first kappa shape index (κ1) is 30.9. The van der Waals surface area contributed by atoms with E-state index in [4.69, 9.17) is 4.42 Å². The monoisotopic (exact) mass is 691 g/mol. The molecule has 0 fully saturated rings. The van der Waals surface area contributed by atoms with Crippen LogP contribution in [0.1, 0.15) is 47.2 Å². The average molecular weight is 692 g/mol. The number of fused-ring (bicyclic) bond motifs is 9. The summed E-state index contributed by atoms with van der Waals surface area (Å²) < 4.78 is 6.82. The van der Waals surface area contributed by atoms with Crippen LogP contribution in [0.5, 0.6) is 0 Å². The van der Waals surface area contributed by atoms with Gasteiger partial charge in [0.25, 0.3) is 0 Å². The summed E-state index contributed by atoms with van der Waals surface area (Å²) in [5.74, 6) is 0. The van der Waals surface area contributed by atoms with Gasteiger partial charge in [-0.15, -0.1) is 0 Å². The van der Waals surface area contributed by atoms with E-state index in [-0.39, 0.29) is 5.41 Å². The Morgan fingerprint density at radius 2 is 1.00 bits per heavy atom. The van der Waals surface area contributed by atoms with E-state index in [0.29, 0.717) is 0 Å². The second kappa shape index (κ2) is 11.4. The molecule has 0 amide bonds. The number of anilines is 3. The van der Waals surface area contributed by atoms with Crippen LogP contribution in [0.3, 0.4) is 0 Å². The van der Waals surface area contributed by atoms with Gasteiger partial charge in [-0.3, -0.25) is 0 Å². The predicted molar refractivity (Wildman–Crippen MR) is 223 cm³/mol. The Balaban J connectivity index is 1.25. The number of nitrogens with zero attached hydrogens (tertiary/aromatic N) is 1. The smallest absolute Gasteiger partial charge is 0.159 e. The van der Waals surface area contributed by atoms with E-state index in [0.717, 1.165) is 39.0 Å². The zero-order valence-electron chi connectivity index (χ0n) is 30.3. The third-order valence-electron chi connectivity index (χ3n) is 12.2. The van der Waals surface area contributed by atoms with Crippen molar-refractivity contribution >= 4 is 39.0 Å². The number of para-hydroxylation sites is 2. The van der Waals surface area contributed by atoms with Crippen molar-refractivity contribution in [1.82, 2.24) is 0 Å². The molecule has 0 radical (unpaired) electrons. The molecule has 54 heavy (non-hydrogen) atoms. The Bertz CT molecular complexity index is 2880. The normalized spacial score (nSPS) is 14.4. The van der Waals surface area contributed by atoms with Gasteiger partial charge in [-0.2, -0.15) is 0 Å². The highest BCUT2D eigenvalue weighted by molar-refractivity contribution is 6.11. The van der Waals surface area contributed by atoms with Crippen molar-refractivity contribution in [3.63, 3.8) is 0 Å². The van der Waals surface area contributed by atoms with Gasteiger partial charge < -0.3 is 9.32 Å². The van der Waals surface area contributed by atoms with Gasteiger partial charge in [0.2, 0.25) is 0 Å². The minimum Gasteiger partial charge on any atom is -0.454 e. The van der Waals surface area contributed by atoms with E-state index in [1.54, 1.807) is 0 Å². The first-order chi connectivity index (χ1) is 26.6. The SMILES string of the molecule is CC1(C)c2ccccc2-c2ccc(N(c3cccc4c3-c3ccccc3C4(c3ccccc3)c3ccccc3)c3cccc4c3oc3ccccc34)cc21. The topological polar surface area (TPSA) is 16.4 Å². The summed E-state index contributed by atoms with van der Waals surface area (Å²) >= 11 is 0. The van der Waals surface area contributed by atoms with Crippen molar-refractivity contribution in [2.45, 2.75) is 24.7 Å². The third-order valence-corrected chi connectivity index (χ3v) is 12.2. The van der Waals surface area contributed by atoms with Gasteiger partial charge in [-0.1, -0.05) is 172 Å². The van der Waals surface area contributed by atoms with E-state index in [9.17, 15) is 0 Å². The molecule has 0 aliphatic heterocycles. The molecule has 0 saturated heterocycles. The number of rotatable bonds is 5. The first-order valence-electron chi connectivity index (χ1n) is 18.9. The van der Waals surface area contributed by atoms with E-state index < -0.39 is 5.41 Å². The fourth-order valence-corrected chi connectivity index (χ4v) is 9.81. The minimum absolute atomic E-state index is 0.153. The molecule has 0 N–H and O–H groups in total. The molecule has 1 heterocycles. The molecular formula is C52H37NO. The van der Waals surface area contributed by atoms with E-state index in [2.05, 4.69) is 207 Å². The maximum absolute atomic E-state index is 6.82. The van der Waals surface area contributed by atoms with Crippen LogP contribution in [0.15, 0.2) is 192 Å². The van der Waals surface area contributed by atoms with Crippen molar-refractivity contribution in [1.29, 1.82) is 0 Å². The summed E-state index contributed by atoms with van der Waals surface area (Å²) in [5.41, 5.74) is 17.2. The lowest BCUT2D eigenvalue weighted by Gasteiger charge is -2.34. The molecule has 0 unspecified atom stereocenters. The standard InChI is InChI=1S/C52H37NO/c1-51(2)42-25-12-9-21-37(42)38-32-31-36(33-45(38)51)53(47-29-15-24-40-39-22-11-14-30-48(39)54-50(40)47)46-28-16-27-44-49(46)41-23-10-13-26-43(41)52(44,34-17-5-3-6-18-34)35-19-7-4-8-20-35/h3-33H,1-2H3. The first-order valence-corrected chi connectivity index (χ1v) is 18.9. The molecule has 2 aliphatic rings. The maximum Gasteiger partial charge on any atom is 0.159 e. The molecule has 11 rings (SSSR count). The minimum atomic E-state index is -0.511. The summed E-state index contributed by atoms with van der Waals surface area (Å²) in [6.07, 6.45) is 0. The van der Waals surface area contributed by atoms with Crippen LogP contribution in [0.25, 0.3) is 44.2 Å². The lowest BCUT2D eigenvalue weighted by molar-refractivity contribution is 0.660. The lowest BCUT2D eigenvalue weighted by Crippen LogP contribution is -2.28. The van der Waals surface area contributed by atoms with Gasteiger partial charge in [-0.25, -0.2) is 0 Å². The van der Waals surface area contributed by atoms with Crippen molar-refractivity contribution in [2.75, 3.05) is 4.90 Å². The van der Waals surface area contributed by atoms with Gasteiger partial charge in [0.05, 0.1) is 16.8 Å². The molecule has 2 aliphatic carbocycles. The summed E-state index contributed by atoms with van der Waals surface area (Å²) in [4.78, 5) is 2.46. The second-order valence-corrected chi connectivity index (χ2v) is 15.2. The van der Waals surface area contributed by atoms with Crippen molar-refractivity contribution < 1.29 is 4.42 Å². The molecule has 9 aromatic rings. The highest BCUT2D eigenvalue weighted by atomic mass is 16.3. The zero-order chi connectivity index (χ0) is 36.0. The molecule has 0 bridgehead atoms. The Hall–Kier alpha value is -6.64. The molecule has 0 saturated carbocycles. The number of hydrogen-bond donors (Lipinski definition) is 0. The third kappa shape index (κ3) is 4.11. The Morgan fingerprint density at radius 3 is 1.78 bits per heavy atom. The van der Waals surface area contributed by atoms with Crippen LogP contribution in [-0.4, -0.2) is 0 Å². The molecule has 0 atom stereocenters. The number of benzene rings is 8. The molecule has 0 spiro atoms. The van der Waals surface area contributed by atoms with Gasteiger partial charge in [-0.05, 0) is 80.4 Å². The molecule has 256 valence electrons. The van der Waals surface area contributed by atoms with Crippen LogP contribution in [-0.2, 0) is 10.8 Å². The molecule has 1 aromatic heterocycles. The fraction of sp³-hybridized carbons (Fsp3) is 0.0769. The Morgan fingerprint density at radius 1 is 0.426 bits per heavy atom. The van der Waals surface area contributed by atoms with Crippen molar-refractivity contribution in [3.05, 3.63) is 221 Å².